The first-order valence-corrected chi connectivity index (χ1v) is 10.6. The maximum atomic E-state index is 13.1. The maximum absolute atomic E-state index is 13.1. The first-order valence-electron chi connectivity index (χ1n) is 9.77. The molecule has 154 valence electrons. The van der Waals surface area contributed by atoms with Crippen LogP contribution < -0.4 is 9.64 Å². The molecule has 2 aromatic carbocycles. The number of carbonyl (C=O) groups is 2. The van der Waals surface area contributed by atoms with E-state index in [-0.39, 0.29) is 11.3 Å². The highest BCUT2D eigenvalue weighted by molar-refractivity contribution is 9.10. The minimum Gasteiger partial charge on any atom is -0.507 e. The van der Waals surface area contributed by atoms with E-state index in [2.05, 4.69) is 20.9 Å². The van der Waals surface area contributed by atoms with Gasteiger partial charge in [-0.2, -0.15) is 0 Å². The number of nitrogens with zero attached hydrogens (tertiary/aromatic N) is 2. The molecule has 0 bridgehead atoms. The van der Waals surface area contributed by atoms with Gasteiger partial charge in [-0.1, -0.05) is 22.0 Å². The highest BCUT2D eigenvalue weighted by Gasteiger charge is 2.47. The second-order valence-corrected chi connectivity index (χ2v) is 8.27. The summed E-state index contributed by atoms with van der Waals surface area (Å²) >= 11 is 3.42. The van der Waals surface area contributed by atoms with Gasteiger partial charge in [0.05, 0.1) is 18.2 Å². The molecule has 6 nitrogen and oxygen atoms in total. The van der Waals surface area contributed by atoms with Gasteiger partial charge in [0, 0.05) is 34.5 Å². The number of halogens is 1. The van der Waals surface area contributed by atoms with E-state index in [9.17, 15) is 14.7 Å². The highest BCUT2D eigenvalue weighted by atomic mass is 79.9. The number of ketones is 1. The van der Waals surface area contributed by atoms with E-state index in [1.165, 1.54) is 4.90 Å². The number of aliphatic hydroxyl groups is 1. The summed E-state index contributed by atoms with van der Waals surface area (Å²) in [4.78, 5) is 31.7. The van der Waals surface area contributed by atoms with Gasteiger partial charge in [0.1, 0.15) is 11.5 Å². The molecule has 1 fully saturated rings. The van der Waals surface area contributed by atoms with Crippen LogP contribution in [0.15, 0.2) is 77.0 Å². The molecule has 7 heteroatoms. The Morgan fingerprint density at radius 2 is 1.90 bits per heavy atom. The summed E-state index contributed by atoms with van der Waals surface area (Å²) in [5.41, 5.74) is 2.73. The van der Waals surface area contributed by atoms with Crippen molar-refractivity contribution in [2.45, 2.75) is 12.5 Å². The second kappa shape index (κ2) is 7.67. The van der Waals surface area contributed by atoms with Gasteiger partial charge in [0.25, 0.3) is 11.7 Å². The van der Waals surface area contributed by atoms with Crippen molar-refractivity contribution >= 4 is 39.1 Å². The third kappa shape index (κ3) is 3.31. The van der Waals surface area contributed by atoms with Crippen LogP contribution in [0.3, 0.4) is 0 Å². The van der Waals surface area contributed by atoms with Gasteiger partial charge in [0.15, 0.2) is 0 Å². The summed E-state index contributed by atoms with van der Waals surface area (Å²) in [5.74, 6) is -0.842. The predicted octanol–water partition coefficient (Wildman–Crippen LogP) is 4.41. The molecule has 1 aromatic heterocycles. The van der Waals surface area contributed by atoms with Crippen molar-refractivity contribution in [1.82, 2.24) is 4.98 Å². The molecule has 2 aliphatic heterocycles. The molecular weight excluding hydrogens is 460 g/mol. The van der Waals surface area contributed by atoms with Crippen molar-refractivity contribution in [3.63, 3.8) is 0 Å². The zero-order chi connectivity index (χ0) is 21.5. The number of hydrogen-bond acceptors (Lipinski definition) is 5. The molecule has 5 rings (SSSR count). The van der Waals surface area contributed by atoms with Crippen LogP contribution in [0.1, 0.15) is 22.7 Å². The van der Waals surface area contributed by atoms with E-state index in [0.717, 1.165) is 22.2 Å². The molecule has 1 N–H and O–H groups in total. The first kappa shape index (κ1) is 19.5. The zero-order valence-corrected chi connectivity index (χ0v) is 17.9. The van der Waals surface area contributed by atoms with Crippen LogP contribution in [0.25, 0.3) is 5.76 Å². The fourth-order valence-electron chi connectivity index (χ4n) is 4.08. The Hall–Kier alpha value is -3.45. The number of anilines is 1. The molecular formula is C24H17BrN2O4. The fraction of sp³-hybridized carbons (Fsp3) is 0.125. The summed E-state index contributed by atoms with van der Waals surface area (Å²) in [6.07, 6.45) is 3.93. The minimum absolute atomic E-state index is 0.0510. The van der Waals surface area contributed by atoms with Crippen molar-refractivity contribution in [2.75, 3.05) is 11.5 Å². The molecule has 1 atom stereocenters. The molecule has 3 heterocycles. The minimum atomic E-state index is -0.776. The van der Waals surface area contributed by atoms with Crippen molar-refractivity contribution in [2.24, 2.45) is 0 Å². The Kier molecular flexibility index (Phi) is 4.82. The van der Waals surface area contributed by atoms with E-state index < -0.39 is 17.7 Å². The number of pyridine rings is 1. The van der Waals surface area contributed by atoms with Gasteiger partial charge in [-0.05, 0) is 59.7 Å². The Morgan fingerprint density at radius 3 is 2.68 bits per heavy atom. The standard InChI is InChI=1S/C24H17BrN2O4/c25-17-2-1-3-18(13-17)27-21(14-6-9-26-10-7-14)20(23(29)24(27)30)22(28)16-4-5-19-15(12-16)8-11-31-19/h1-7,9-10,12-13,21,28H,8,11H2/b22-20-. The van der Waals surface area contributed by atoms with E-state index in [4.69, 9.17) is 4.74 Å². The van der Waals surface area contributed by atoms with Crippen molar-refractivity contribution in [3.05, 3.63) is 93.7 Å². The molecule has 0 saturated carbocycles. The van der Waals surface area contributed by atoms with Gasteiger partial charge < -0.3 is 9.84 Å². The lowest BCUT2D eigenvalue weighted by atomic mass is 9.95. The van der Waals surface area contributed by atoms with Gasteiger partial charge in [-0.15, -0.1) is 0 Å². The number of rotatable bonds is 3. The number of carbonyl (C=O) groups excluding carboxylic acids is 2. The summed E-state index contributed by atoms with van der Waals surface area (Å²) in [6.45, 7) is 0.587. The Balaban J connectivity index is 1.70. The molecule has 0 radical (unpaired) electrons. The van der Waals surface area contributed by atoms with Crippen LogP contribution in [0, 0.1) is 0 Å². The van der Waals surface area contributed by atoms with Crippen LogP contribution in [-0.4, -0.2) is 28.4 Å². The zero-order valence-electron chi connectivity index (χ0n) is 16.3. The lowest BCUT2D eigenvalue weighted by molar-refractivity contribution is -0.132. The number of benzene rings is 2. The average molecular weight is 477 g/mol. The number of ether oxygens (including phenoxy) is 1. The Labute approximate surface area is 186 Å². The van der Waals surface area contributed by atoms with E-state index in [1.54, 1.807) is 54.9 Å². The number of hydrogen-bond donors (Lipinski definition) is 1. The smallest absolute Gasteiger partial charge is 0.300 e. The molecule has 0 spiro atoms. The fourth-order valence-corrected chi connectivity index (χ4v) is 4.46. The molecule has 31 heavy (non-hydrogen) atoms. The van der Waals surface area contributed by atoms with Crippen LogP contribution in [-0.2, 0) is 16.0 Å². The van der Waals surface area contributed by atoms with Crippen LogP contribution in [0.5, 0.6) is 5.75 Å². The normalized spacial score (nSPS) is 19.4. The third-order valence-corrected chi connectivity index (χ3v) is 6.01. The Bertz CT molecular complexity index is 1240. The monoisotopic (exact) mass is 476 g/mol. The molecule has 1 amide bonds. The topological polar surface area (TPSA) is 79.7 Å². The third-order valence-electron chi connectivity index (χ3n) is 5.52. The van der Waals surface area contributed by atoms with E-state index in [1.807, 2.05) is 12.1 Å². The first-order chi connectivity index (χ1) is 15.0. The lowest BCUT2D eigenvalue weighted by Gasteiger charge is -2.25. The SMILES string of the molecule is O=C1C(=O)N(c2cccc(Br)c2)C(c2ccncc2)/C1=C(/O)c1ccc2c(c1)CCO2. The molecule has 1 unspecified atom stereocenters. The van der Waals surface area contributed by atoms with Crippen LogP contribution in [0.4, 0.5) is 5.69 Å². The number of aliphatic hydroxyl groups excluding tert-OH is 1. The number of aromatic nitrogens is 1. The number of Topliss-reactive ketones (excluding diaryl/α,β-unsaturated/α-hetero) is 1. The summed E-state index contributed by atoms with van der Waals surface area (Å²) in [6, 6.07) is 15.2. The molecule has 2 aliphatic rings. The van der Waals surface area contributed by atoms with Crippen LogP contribution >= 0.6 is 15.9 Å². The average Bonchev–Trinajstić information content (AvgIpc) is 3.36. The number of fused-ring (bicyclic) bond motifs is 1. The van der Waals surface area contributed by atoms with Crippen molar-refractivity contribution < 1.29 is 19.4 Å². The summed E-state index contributed by atoms with van der Waals surface area (Å²) in [7, 11) is 0. The highest BCUT2D eigenvalue weighted by Crippen LogP contribution is 2.43. The molecule has 3 aromatic rings. The van der Waals surface area contributed by atoms with Gasteiger partial charge in [-0.3, -0.25) is 19.5 Å². The van der Waals surface area contributed by atoms with E-state index >= 15 is 0 Å². The van der Waals surface area contributed by atoms with Gasteiger partial charge in [0.2, 0.25) is 0 Å². The quantitative estimate of drug-likeness (QED) is 0.344. The second-order valence-electron chi connectivity index (χ2n) is 7.35. The molecule has 1 saturated heterocycles. The lowest BCUT2D eigenvalue weighted by Crippen LogP contribution is -2.29. The number of amides is 1. The Morgan fingerprint density at radius 1 is 1.10 bits per heavy atom. The van der Waals surface area contributed by atoms with E-state index in [0.29, 0.717) is 23.4 Å². The van der Waals surface area contributed by atoms with Crippen molar-refractivity contribution in [1.29, 1.82) is 0 Å². The predicted molar refractivity (Wildman–Crippen MR) is 119 cm³/mol. The largest absolute Gasteiger partial charge is 0.507 e. The maximum Gasteiger partial charge on any atom is 0.300 e. The molecule has 0 aliphatic carbocycles. The van der Waals surface area contributed by atoms with Crippen LogP contribution in [0.2, 0.25) is 0 Å². The van der Waals surface area contributed by atoms with Crippen molar-refractivity contribution in [3.8, 4) is 5.75 Å². The summed E-state index contributed by atoms with van der Waals surface area (Å²) < 4.78 is 6.31. The van der Waals surface area contributed by atoms with Gasteiger partial charge in [-0.25, -0.2) is 0 Å². The summed E-state index contributed by atoms with van der Waals surface area (Å²) in [5, 5.41) is 11.2. The van der Waals surface area contributed by atoms with Gasteiger partial charge >= 0.3 is 0 Å².